The Kier molecular flexibility index (Phi) is 7.51. The van der Waals surface area contributed by atoms with Gasteiger partial charge in [0.25, 0.3) is 0 Å². The molecule has 0 amide bonds. The highest BCUT2D eigenvalue weighted by Crippen LogP contribution is 2.29. The predicted octanol–water partition coefficient (Wildman–Crippen LogP) is 4.06. The van der Waals surface area contributed by atoms with Crippen molar-refractivity contribution in [3.63, 3.8) is 0 Å². The molecule has 0 N–H and O–H groups in total. The van der Waals surface area contributed by atoms with Crippen molar-refractivity contribution in [3.8, 4) is 11.5 Å². The van der Waals surface area contributed by atoms with Crippen LogP contribution < -0.4 is 9.47 Å². The maximum absolute atomic E-state index is 11.7. The van der Waals surface area contributed by atoms with Crippen LogP contribution in [-0.2, 0) is 0 Å². The van der Waals surface area contributed by atoms with E-state index in [2.05, 4.69) is 13.8 Å². The fourth-order valence-electron chi connectivity index (χ4n) is 1.84. The number of carbonyl (C=O) groups excluding carboxylic acids is 2. The summed E-state index contributed by atoms with van der Waals surface area (Å²) in [4.78, 5) is 22.9. The van der Waals surface area contributed by atoms with E-state index in [0.29, 0.717) is 42.1 Å². The van der Waals surface area contributed by atoms with Crippen LogP contribution in [0.4, 0.5) is 0 Å². The zero-order chi connectivity index (χ0) is 15.7. The molecule has 0 fully saturated rings. The van der Waals surface area contributed by atoms with Crippen molar-refractivity contribution in [2.45, 2.75) is 46.5 Å². The zero-order valence-corrected chi connectivity index (χ0v) is 13.1. The summed E-state index contributed by atoms with van der Waals surface area (Å²) >= 11 is 0. The molecule has 0 aliphatic carbocycles. The van der Waals surface area contributed by atoms with E-state index >= 15 is 0 Å². The molecule has 4 nitrogen and oxygen atoms in total. The Morgan fingerprint density at radius 2 is 1.62 bits per heavy atom. The van der Waals surface area contributed by atoms with Gasteiger partial charge in [-0.2, -0.15) is 0 Å². The van der Waals surface area contributed by atoms with Crippen LogP contribution in [0.1, 0.15) is 67.2 Å². The standard InChI is InChI=1S/C17H24O4/c1-4-6-8-20-16-11-17(21-9-7-5-2)15(13(3)19)10-14(16)12-18/h10-12H,4-9H2,1-3H3. The second-order valence-electron chi connectivity index (χ2n) is 4.96. The van der Waals surface area contributed by atoms with E-state index in [4.69, 9.17) is 9.47 Å². The number of hydrogen-bond donors (Lipinski definition) is 0. The number of aldehydes is 1. The molecule has 0 aliphatic heterocycles. The lowest BCUT2D eigenvalue weighted by atomic mass is 10.1. The fourth-order valence-corrected chi connectivity index (χ4v) is 1.84. The minimum Gasteiger partial charge on any atom is -0.493 e. The maximum Gasteiger partial charge on any atom is 0.163 e. The Morgan fingerprint density at radius 3 is 2.10 bits per heavy atom. The van der Waals surface area contributed by atoms with Crippen LogP contribution in [0.2, 0.25) is 0 Å². The first-order chi connectivity index (χ1) is 10.1. The Hall–Kier alpha value is -1.84. The van der Waals surface area contributed by atoms with Gasteiger partial charge in [0.15, 0.2) is 12.1 Å². The number of ether oxygens (including phenoxy) is 2. The molecule has 0 bridgehead atoms. The molecule has 116 valence electrons. The molecule has 0 heterocycles. The van der Waals surface area contributed by atoms with Crippen molar-refractivity contribution in [2.24, 2.45) is 0 Å². The van der Waals surface area contributed by atoms with Crippen LogP contribution >= 0.6 is 0 Å². The van der Waals surface area contributed by atoms with Crippen LogP contribution in [0, 0.1) is 0 Å². The van der Waals surface area contributed by atoms with Crippen molar-refractivity contribution in [1.82, 2.24) is 0 Å². The number of unbranched alkanes of at least 4 members (excludes halogenated alkanes) is 2. The third kappa shape index (κ3) is 5.21. The van der Waals surface area contributed by atoms with Gasteiger partial charge in [-0.05, 0) is 25.8 Å². The largest absolute Gasteiger partial charge is 0.493 e. The monoisotopic (exact) mass is 292 g/mol. The highest BCUT2D eigenvalue weighted by atomic mass is 16.5. The molecule has 0 saturated carbocycles. The quantitative estimate of drug-likeness (QED) is 0.371. The SMILES string of the molecule is CCCCOc1cc(OCCCC)c(C(C)=O)cc1C=O. The fraction of sp³-hybridized carbons (Fsp3) is 0.529. The molecule has 21 heavy (non-hydrogen) atoms. The minimum absolute atomic E-state index is 0.121. The summed E-state index contributed by atoms with van der Waals surface area (Å²) in [5.41, 5.74) is 0.815. The first-order valence-corrected chi connectivity index (χ1v) is 7.53. The van der Waals surface area contributed by atoms with Gasteiger partial charge in [-0.1, -0.05) is 26.7 Å². The Morgan fingerprint density at radius 1 is 1.05 bits per heavy atom. The van der Waals surface area contributed by atoms with Crippen LogP contribution in [0.5, 0.6) is 11.5 Å². The van der Waals surface area contributed by atoms with Crippen molar-refractivity contribution < 1.29 is 19.1 Å². The third-order valence-electron chi connectivity index (χ3n) is 3.13. The summed E-state index contributed by atoms with van der Waals surface area (Å²) in [6.45, 7) is 6.71. The summed E-state index contributed by atoms with van der Waals surface area (Å²) < 4.78 is 11.3. The van der Waals surface area contributed by atoms with Gasteiger partial charge in [-0.3, -0.25) is 9.59 Å². The Bertz CT molecular complexity index is 480. The van der Waals surface area contributed by atoms with Gasteiger partial charge in [-0.15, -0.1) is 0 Å². The number of carbonyl (C=O) groups is 2. The lowest BCUT2D eigenvalue weighted by molar-refractivity contribution is 0.101. The first-order valence-electron chi connectivity index (χ1n) is 7.53. The van der Waals surface area contributed by atoms with Gasteiger partial charge in [-0.25, -0.2) is 0 Å². The van der Waals surface area contributed by atoms with Crippen LogP contribution in [0.3, 0.4) is 0 Å². The number of benzene rings is 1. The number of rotatable bonds is 10. The Balaban J connectivity index is 3.03. The topological polar surface area (TPSA) is 52.6 Å². The molecule has 1 rings (SSSR count). The Labute approximate surface area is 126 Å². The van der Waals surface area contributed by atoms with Crippen molar-refractivity contribution in [2.75, 3.05) is 13.2 Å². The number of Topliss-reactive ketones (excluding diaryl/α,β-unsaturated/α-hetero) is 1. The molecule has 4 heteroatoms. The average Bonchev–Trinajstić information content (AvgIpc) is 2.47. The molecular formula is C17H24O4. The maximum atomic E-state index is 11.7. The van der Waals surface area contributed by atoms with Crippen molar-refractivity contribution in [3.05, 3.63) is 23.3 Å². The zero-order valence-electron chi connectivity index (χ0n) is 13.1. The van der Waals surface area contributed by atoms with Crippen LogP contribution in [0.15, 0.2) is 12.1 Å². The second-order valence-corrected chi connectivity index (χ2v) is 4.96. The van der Waals surface area contributed by atoms with Gasteiger partial charge in [0.1, 0.15) is 11.5 Å². The number of hydrogen-bond acceptors (Lipinski definition) is 4. The lowest BCUT2D eigenvalue weighted by Gasteiger charge is -2.14. The van der Waals surface area contributed by atoms with Gasteiger partial charge in [0, 0.05) is 6.07 Å². The smallest absolute Gasteiger partial charge is 0.163 e. The van der Waals surface area contributed by atoms with Crippen LogP contribution in [0.25, 0.3) is 0 Å². The van der Waals surface area contributed by atoms with Gasteiger partial charge in [0.05, 0.1) is 24.3 Å². The summed E-state index contributed by atoms with van der Waals surface area (Å²) in [6.07, 6.45) is 4.57. The van der Waals surface area contributed by atoms with E-state index in [1.54, 1.807) is 12.1 Å². The van der Waals surface area contributed by atoms with E-state index in [1.165, 1.54) is 6.92 Å². The molecule has 0 saturated heterocycles. The molecular weight excluding hydrogens is 268 g/mol. The highest BCUT2D eigenvalue weighted by Gasteiger charge is 2.15. The molecule has 0 atom stereocenters. The van der Waals surface area contributed by atoms with Gasteiger partial charge >= 0.3 is 0 Å². The molecule has 0 unspecified atom stereocenters. The highest BCUT2D eigenvalue weighted by molar-refractivity contribution is 5.99. The predicted molar refractivity (Wildman–Crippen MR) is 82.6 cm³/mol. The van der Waals surface area contributed by atoms with Crippen molar-refractivity contribution in [1.29, 1.82) is 0 Å². The third-order valence-corrected chi connectivity index (χ3v) is 3.13. The van der Waals surface area contributed by atoms with E-state index < -0.39 is 0 Å². The molecule has 1 aromatic rings. The summed E-state index contributed by atoms with van der Waals surface area (Å²) in [5, 5.41) is 0. The molecule has 0 radical (unpaired) electrons. The average molecular weight is 292 g/mol. The first kappa shape index (κ1) is 17.2. The normalized spacial score (nSPS) is 10.2. The molecule has 0 aliphatic rings. The second kappa shape index (κ2) is 9.16. The van der Waals surface area contributed by atoms with E-state index in [0.717, 1.165) is 25.7 Å². The van der Waals surface area contributed by atoms with Crippen LogP contribution in [-0.4, -0.2) is 25.3 Å². The molecule has 1 aromatic carbocycles. The summed E-state index contributed by atoms with van der Waals surface area (Å²) in [7, 11) is 0. The number of ketones is 1. The van der Waals surface area contributed by atoms with Gasteiger partial charge in [0.2, 0.25) is 0 Å². The van der Waals surface area contributed by atoms with Crippen molar-refractivity contribution >= 4 is 12.1 Å². The minimum atomic E-state index is -0.121. The molecule has 0 aromatic heterocycles. The van der Waals surface area contributed by atoms with Gasteiger partial charge < -0.3 is 9.47 Å². The van der Waals surface area contributed by atoms with E-state index in [1.807, 2.05) is 0 Å². The molecule has 0 spiro atoms. The lowest BCUT2D eigenvalue weighted by Crippen LogP contribution is -2.06. The summed E-state index contributed by atoms with van der Waals surface area (Å²) in [6, 6.07) is 3.21. The van der Waals surface area contributed by atoms with E-state index in [9.17, 15) is 9.59 Å². The summed E-state index contributed by atoms with van der Waals surface area (Å²) in [5.74, 6) is 0.854. The van der Waals surface area contributed by atoms with E-state index in [-0.39, 0.29) is 5.78 Å².